The zero-order chi connectivity index (χ0) is 21.3. The highest BCUT2D eigenvalue weighted by molar-refractivity contribution is 5.76. The van der Waals surface area contributed by atoms with Crippen LogP contribution in [0, 0.1) is 6.92 Å². The summed E-state index contributed by atoms with van der Waals surface area (Å²) in [6, 6.07) is 12.9. The topological polar surface area (TPSA) is 64.6 Å². The predicted molar refractivity (Wildman–Crippen MR) is 100 cm³/mol. The molecule has 8 heteroatoms. The van der Waals surface area contributed by atoms with E-state index in [1.807, 2.05) is 31.2 Å². The number of carbonyl (C=O) groups is 2. The molecule has 0 spiro atoms. The van der Waals surface area contributed by atoms with E-state index in [9.17, 15) is 22.8 Å². The molecule has 0 fully saturated rings. The molecule has 5 nitrogen and oxygen atoms in total. The summed E-state index contributed by atoms with van der Waals surface area (Å²) in [5.41, 5.74) is 2.72. The molecule has 0 aromatic heterocycles. The summed E-state index contributed by atoms with van der Waals surface area (Å²) >= 11 is 0. The van der Waals surface area contributed by atoms with E-state index in [0.29, 0.717) is 18.4 Å². The van der Waals surface area contributed by atoms with Crippen molar-refractivity contribution in [2.24, 2.45) is 0 Å². The van der Waals surface area contributed by atoms with Crippen molar-refractivity contribution in [2.75, 3.05) is 13.2 Å². The van der Waals surface area contributed by atoms with Crippen LogP contribution in [0.1, 0.15) is 23.1 Å². The van der Waals surface area contributed by atoms with Gasteiger partial charge in [0.15, 0.2) is 0 Å². The number of carbonyl (C=O) groups excluding carboxylic acids is 2. The number of amides is 1. The third-order valence-electron chi connectivity index (χ3n) is 3.95. The van der Waals surface area contributed by atoms with Crippen LogP contribution in [0.2, 0.25) is 0 Å². The quantitative estimate of drug-likeness (QED) is 0.506. The number of rotatable bonds is 9. The van der Waals surface area contributed by atoms with E-state index in [1.165, 1.54) is 12.1 Å². The lowest BCUT2D eigenvalue weighted by molar-refractivity contribution is -0.274. The average Bonchev–Trinajstić information content (AvgIpc) is 2.65. The van der Waals surface area contributed by atoms with E-state index in [4.69, 9.17) is 4.74 Å². The van der Waals surface area contributed by atoms with Gasteiger partial charge in [-0.15, -0.1) is 13.2 Å². The number of esters is 1. The number of alkyl halides is 3. The standard InChI is InChI=1S/C21H22F3NO4/c1-15-2-4-16(5-3-15)8-11-19(26)25-12-13-28-20(27)14-17-6-9-18(10-7-17)29-21(22,23)24/h2-7,9-10H,8,11-14H2,1H3,(H,25,26). The highest BCUT2D eigenvalue weighted by atomic mass is 19.4. The van der Waals surface area contributed by atoms with Gasteiger partial charge in [-0.1, -0.05) is 42.0 Å². The first-order valence-electron chi connectivity index (χ1n) is 9.04. The van der Waals surface area contributed by atoms with Gasteiger partial charge in [0.05, 0.1) is 13.0 Å². The molecular weight excluding hydrogens is 387 g/mol. The summed E-state index contributed by atoms with van der Waals surface area (Å²) in [5.74, 6) is -1.03. The highest BCUT2D eigenvalue weighted by Crippen LogP contribution is 2.22. The van der Waals surface area contributed by atoms with Crippen molar-refractivity contribution in [3.63, 3.8) is 0 Å². The molecule has 0 unspecified atom stereocenters. The summed E-state index contributed by atoms with van der Waals surface area (Å²) in [6.45, 7) is 2.20. The van der Waals surface area contributed by atoms with E-state index in [0.717, 1.165) is 23.3 Å². The minimum atomic E-state index is -4.76. The molecule has 2 aromatic rings. The summed E-state index contributed by atoms with van der Waals surface area (Å²) in [6.07, 6.45) is -3.89. The molecule has 1 amide bonds. The number of nitrogens with one attached hydrogen (secondary N) is 1. The number of aryl methyl sites for hydroxylation is 2. The van der Waals surface area contributed by atoms with Crippen LogP contribution in [-0.2, 0) is 27.2 Å². The SMILES string of the molecule is Cc1ccc(CCC(=O)NCCOC(=O)Cc2ccc(OC(F)(F)F)cc2)cc1. The molecule has 156 valence electrons. The van der Waals surface area contributed by atoms with Gasteiger partial charge in [0.2, 0.25) is 5.91 Å². The minimum Gasteiger partial charge on any atom is -0.464 e. The molecule has 0 radical (unpaired) electrons. The zero-order valence-electron chi connectivity index (χ0n) is 15.9. The largest absolute Gasteiger partial charge is 0.573 e. The van der Waals surface area contributed by atoms with Gasteiger partial charge < -0.3 is 14.8 Å². The van der Waals surface area contributed by atoms with Gasteiger partial charge in [0.1, 0.15) is 12.4 Å². The maximum absolute atomic E-state index is 12.1. The Bertz CT molecular complexity index is 802. The molecule has 29 heavy (non-hydrogen) atoms. The number of ether oxygens (including phenoxy) is 2. The summed E-state index contributed by atoms with van der Waals surface area (Å²) in [4.78, 5) is 23.6. The number of hydrogen-bond acceptors (Lipinski definition) is 4. The molecule has 0 saturated carbocycles. The van der Waals surface area contributed by atoms with Crippen molar-refractivity contribution in [1.29, 1.82) is 0 Å². The second kappa shape index (κ2) is 10.5. The molecule has 0 aliphatic carbocycles. The van der Waals surface area contributed by atoms with Crippen LogP contribution in [0.4, 0.5) is 13.2 Å². The first-order valence-corrected chi connectivity index (χ1v) is 9.04. The monoisotopic (exact) mass is 409 g/mol. The summed E-state index contributed by atoms with van der Waals surface area (Å²) < 4.78 is 45.1. The lowest BCUT2D eigenvalue weighted by Gasteiger charge is -2.09. The van der Waals surface area contributed by atoms with Crippen LogP contribution >= 0.6 is 0 Å². The highest BCUT2D eigenvalue weighted by Gasteiger charge is 2.30. The van der Waals surface area contributed by atoms with Gasteiger partial charge in [-0.05, 0) is 36.6 Å². The Hall–Kier alpha value is -3.03. The molecule has 2 aromatic carbocycles. The van der Waals surface area contributed by atoms with E-state index >= 15 is 0 Å². The first kappa shape index (κ1) is 22.3. The molecule has 2 rings (SSSR count). The van der Waals surface area contributed by atoms with Crippen LogP contribution in [-0.4, -0.2) is 31.4 Å². The Morgan fingerprint density at radius 2 is 1.59 bits per heavy atom. The fourth-order valence-electron chi connectivity index (χ4n) is 2.48. The Labute approximate surface area is 166 Å². The molecule has 1 N–H and O–H groups in total. The van der Waals surface area contributed by atoms with Crippen LogP contribution in [0.25, 0.3) is 0 Å². The number of benzene rings is 2. The summed E-state index contributed by atoms with van der Waals surface area (Å²) in [5, 5.41) is 2.67. The normalized spacial score (nSPS) is 11.0. The predicted octanol–water partition coefficient (Wildman–Crippen LogP) is 3.73. The van der Waals surface area contributed by atoms with E-state index in [-0.39, 0.29) is 31.2 Å². The van der Waals surface area contributed by atoms with Crippen molar-refractivity contribution < 1.29 is 32.2 Å². The first-order chi connectivity index (χ1) is 13.7. The molecule has 0 atom stereocenters. The van der Waals surface area contributed by atoms with Gasteiger partial charge in [-0.25, -0.2) is 0 Å². The molecule has 0 aliphatic heterocycles. The van der Waals surface area contributed by atoms with Gasteiger partial charge in [-0.2, -0.15) is 0 Å². The van der Waals surface area contributed by atoms with Gasteiger partial charge in [-0.3, -0.25) is 9.59 Å². The van der Waals surface area contributed by atoms with E-state index in [2.05, 4.69) is 10.1 Å². The fraction of sp³-hybridized carbons (Fsp3) is 0.333. The van der Waals surface area contributed by atoms with Crippen molar-refractivity contribution in [3.8, 4) is 5.75 Å². The van der Waals surface area contributed by atoms with Gasteiger partial charge in [0, 0.05) is 6.42 Å². The second-order valence-corrected chi connectivity index (χ2v) is 6.42. The van der Waals surface area contributed by atoms with Crippen LogP contribution in [0.5, 0.6) is 5.75 Å². The summed E-state index contributed by atoms with van der Waals surface area (Å²) in [7, 11) is 0. The molecule has 0 saturated heterocycles. The molecule has 0 heterocycles. The van der Waals surface area contributed by atoms with Crippen molar-refractivity contribution in [2.45, 2.75) is 32.5 Å². The van der Waals surface area contributed by atoms with Crippen LogP contribution in [0.3, 0.4) is 0 Å². The van der Waals surface area contributed by atoms with E-state index < -0.39 is 12.3 Å². The number of hydrogen-bond donors (Lipinski definition) is 1. The van der Waals surface area contributed by atoms with Crippen LogP contribution in [0.15, 0.2) is 48.5 Å². The molecule has 0 bridgehead atoms. The maximum atomic E-state index is 12.1. The Morgan fingerprint density at radius 1 is 0.966 bits per heavy atom. The number of halogens is 3. The van der Waals surface area contributed by atoms with Gasteiger partial charge >= 0.3 is 12.3 Å². The lowest BCUT2D eigenvalue weighted by atomic mass is 10.1. The van der Waals surface area contributed by atoms with Crippen molar-refractivity contribution in [1.82, 2.24) is 5.32 Å². The fourth-order valence-corrected chi connectivity index (χ4v) is 2.48. The third-order valence-corrected chi connectivity index (χ3v) is 3.95. The maximum Gasteiger partial charge on any atom is 0.573 e. The van der Waals surface area contributed by atoms with Gasteiger partial charge in [0.25, 0.3) is 0 Å². The second-order valence-electron chi connectivity index (χ2n) is 6.42. The Kier molecular flexibility index (Phi) is 8.06. The van der Waals surface area contributed by atoms with Crippen molar-refractivity contribution >= 4 is 11.9 Å². The molecular formula is C21H22F3NO4. The molecule has 0 aliphatic rings. The zero-order valence-corrected chi connectivity index (χ0v) is 15.9. The van der Waals surface area contributed by atoms with Crippen LogP contribution < -0.4 is 10.1 Å². The lowest BCUT2D eigenvalue weighted by Crippen LogP contribution is -2.28. The van der Waals surface area contributed by atoms with E-state index in [1.54, 1.807) is 0 Å². The Morgan fingerprint density at radius 3 is 2.21 bits per heavy atom. The third kappa shape index (κ3) is 9.14. The minimum absolute atomic E-state index is 0.0182. The average molecular weight is 409 g/mol. The Balaban J connectivity index is 1.61. The van der Waals surface area contributed by atoms with Crippen molar-refractivity contribution in [3.05, 3.63) is 65.2 Å². The smallest absolute Gasteiger partial charge is 0.464 e.